The van der Waals surface area contributed by atoms with Crippen LogP contribution in [0.15, 0.2) is 36.5 Å². The Balaban J connectivity index is 0.00000264. The number of hydrogen-bond acceptors (Lipinski definition) is 5. The summed E-state index contributed by atoms with van der Waals surface area (Å²) in [6.45, 7) is 10.6. The molecule has 23 heavy (non-hydrogen) atoms. The Morgan fingerprint density at radius 2 is 1.65 bits per heavy atom. The Kier molecular flexibility index (Phi) is 9.17. The summed E-state index contributed by atoms with van der Waals surface area (Å²) >= 11 is 1.58. The Hall–Kier alpha value is -1.14. The van der Waals surface area contributed by atoms with Gasteiger partial charge in [-0.25, -0.2) is 4.98 Å². The van der Waals surface area contributed by atoms with Gasteiger partial charge in [0.05, 0.1) is 0 Å². The molecule has 0 fully saturated rings. The second kappa shape index (κ2) is 10.6. The molecule has 0 bridgehead atoms. The van der Waals surface area contributed by atoms with Crippen LogP contribution in [-0.4, -0.2) is 41.0 Å². The molecule has 2 N–H and O–H groups in total. The summed E-state index contributed by atoms with van der Waals surface area (Å²) in [6.07, 6.45) is 1.90. The molecule has 0 aliphatic heterocycles. The monoisotopic (exact) mass is 354 g/mol. The minimum Gasteiger partial charge on any atom is -0.375 e. The molecule has 1 heterocycles. The highest BCUT2D eigenvalue weighted by Crippen LogP contribution is 2.18. The number of likely N-dealkylation sites (N-methyl/N-ethyl adjacent to an activating group) is 1. The van der Waals surface area contributed by atoms with Gasteiger partial charge >= 0.3 is 0 Å². The van der Waals surface area contributed by atoms with E-state index in [9.17, 15) is 0 Å². The number of nitrogens with zero attached hydrogens (tertiary/aromatic N) is 3. The lowest BCUT2D eigenvalue weighted by atomic mass is 10.2. The van der Waals surface area contributed by atoms with E-state index in [1.165, 1.54) is 10.4 Å². The molecule has 0 amide bonds. The lowest BCUT2D eigenvalue weighted by molar-refractivity contribution is 0.203. The highest BCUT2D eigenvalue weighted by Gasteiger charge is 2.11. The first-order valence-corrected chi connectivity index (χ1v) is 8.71. The Bertz CT molecular complexity index is 543. The maximum atomic E-state index is 5.75. The Labute approximate surface area is 149 Å². The highest BCUT2D eigenvalue weighted by atomic mass is 35.5. The fourth-order valence-electron chi connectivity index (χ4n) is 2.49. The van der Waals surface area contributed by atoms with Crippen LogP contribution >= 0.6 is 23.7 Å². The number of benzene rings is 1. The SMILES string of the molecule is CCN(CC)CCN(Cc1ccccc1)Cc1cnc(N)s1.Cl. The van der Waals surface area contributed by atoms with Crippen LogP contribution in [0.3, 0.4) is 0 Å². The molecule has 0 atom stereocenters. The first kappa shape index (κ1) is 19.9. The number of hydrogen-bond donors (Lipinski definition) is 1. The van der Waals surface area contributed by atoms with Gasteiger partial charge in [0.1, 0.15) is 0 Å². The van der Waals surface area contributed by atoms with Crippen molar-refractivity contribution in [1.29, 1.82) is 0 Å². The summed E-state index contributed by atoms with van der Waals surface area (Å²) in [6, 6.07) is 10.6. The third-order valence-corrected chi connectivity index (χ3v) is 4.64. The molecular formula is C17H27ClN4S. The van der Waals surface area contributed by atoms with Crippen LogP contribution in [0, 0.1) is 0 Å². The zero-order valence-electron chi connectivity index (χ0n) is 13.9. The standard InChI is InChI=1S/C17H26N4S.ClH/c1-3-20(4-2)10-11-21(13-15-8-6-5-7-9-15)14-16-12-19-17(18)22-16;/h5-9,12H,3-4,10-11,13-14H2,1-2H3,(H2,18,19);1H. The Morgan fingerprint density at radius 3 is 2.22 bits per heavy atom. The van der Waals surface area contributed by atoms with Crippen LogP contribution in [0.5, 0.6) is 0 Å². The summed E-state index contributed by atoms with van der Waals surface area (Å²) in [4.78, 5) is 10.3. The van der Waals surface area contributed by atoms with Crippen LogP contribution in [0.1, 0.15) is 24.3 Å². The van der Waals surface area contributed by atoms with Gasteiger partial charge in [-0.2, -0.15) is 0 Å². The lowest BCUT2D eigenvalue weighted by Crippen LogP contribution is -2.34. The average molecular weight is 355 g/mol. The van der Waals surface area contributed by atoms with Crippen molar-refractivity contribution in [3.63, 3.8) is 0 Å². The van der Waals surface area contributed by atoms with Gasteiger partial charge in [-0.15, -0.1) is 23.7 Å². The molecule has 0 saturated heterocycles. The van der Waals surface area contributed by atoms with E-state index in [1.54, 1.807) is 11.3 Å². The number of halogens is 1. The fourth-order valence-corrected chi connectivity index (χ4v) is 3.22. The van der Waals surface area contributed by atoms with Crippen molar-refractivity contribution in [2.75, 3.05) is 31.9 Å². The van der Waals surface area contributed by atoms with Crippen molar-refractivity contribution < 1.29 is 0 Å². The van der Waals surface area contributed by atoms with Crippen LogP contribution < -0.4 is 5.73 Å². The predicted octanol–water partition coefficient (Wildman–Crippen LogP) is 3.49. The molecule has 2 rings (SSSR count). The first-order chi connectivity index (χ1) is 10.7. The predicted molar refractivity (Wildman–Crippen MR) is 102 cm³/mol. The van der Waals surface area contributed by atoms with Crippen molar-refractivity contribution in [2.24, 2.45) is 0 Å². The van der Waals surface area contributed by atoms with Crippen molar-refractivity contribution in [3.05, 3.63) is 47.0 Å². The van der Waals surface area contributed by atoms with Gasteiger partial charge in [-0.3, -0.25) is 4.90 Å². The van der Waals surface area contributed by atoms with Gasteiger partial charge in [-0.1, -0.05) is 44.2 Å². The first-order valence-electron chi connectivity index (χ1n) is 7.90. The van der Waals surface area contributed by atoms with Crippen molar-refractivity contribution >= 4 is 28.9 Å². The van der Waals surface area contributed by atoms with Gasteiger partial charge in [0, 0.05) is 37.3 Å². The van der Waals surface area contributed by atoms with Crippen LogP contribution in [0.2, 0.25) is 0 Å². The second-order valence-electron chi connectivity index (χ2n) is 5.39. The zero-order valence-corrected chi connectivity index (χ0v) is 15.6. The maximum absolute atomic E-state index is 5.75. The topological polar surface area (TPSA) is 45.4 Å². The van der Waals surface area contributed by atoms with Gasteiger partial charge in [0.2, 0.25) is 0 Å². The maximum Gasteiger partial charge on any atom is 0.180 e. The third-order valence-electron chi connectivity index (χ3n) is 3.83. The summed E-state index contributed by atoms with van der Waals surface area (Å²) in [7, 11) is 0. The van der Waals surface area contributed by atoms with Crippen LogP contribution in [0.25, 0.3) is 0 Å². The third kappa shape index (κ3) is 6.87. The average Bonchev–Trinajstić information content (AvgIpc) is 2.94. The number of nitrogens with two attached hydrogens (primary N) is 1. The van der Waals surface area contributed by atoms with Crippen molar-refractivity contribution in [1.82, 2.24) is 14.8 Å². The molecular weight excluding hydrogens is 328 g/mol. The normalized spacial score (nSPS) is 11.0. The van der Waals surface area contributed by atoms with E-state index in [2.05, 4.69) is 59.0 Å². The summed E-state index contributed by atoms with van der Waals surface area (Å²) in [5.41, 5.74) is 7.10. The second-order valence-corrected chi connectivity index (χ2v) is 6.53. The van der Waals surface area contributed by atoms with Gasteiger partial charge in [0.15, 0.2) is 5.13 Å². The molecule has 0 saturated carbocycles. The number of thiazole rings is 1. The molecule has 0 spiro atoms. The molecule has 0 aliphatic rings. The van der Waals surface area contributed by atoms with E-state index in [0.29, 0.717) is 5.13 Å². The molecule has 1 aromatic heterocycles. The largest absolute Gasteiger partial charge is 0.375 e. The number of aromatic nitrogens is 1. The van der Waals surface area contributed by atoms with E-state index in [-0.39, 0.29) is 12.4 Å². The van der Waals surface area contributed by atoms with Gasteiger partial charge < -0.3 is 10.6 Å². The molecule has 0 radical (unpaired) electrons. The van der Waals surface area contributed by atoms with Crippen molar-refractivity contribution in [3.8, 4) is 0 Å². The molecule has 128 valence electrons. The summed E-state index contributed by atoms with van der Waals surface area (Å²) in [5, 5.41) is 0.651. The minimum atomic E-state index is 0. The minimum absolute atomic E-state index is 0. The number of nitrogen functional groups attached to an aromatic ring is 1. The quantitative estimate of drug-likeness (QED) is 0.748. The van der Waals surface area contributed by atoms with E-state index in [0.717, 1.165) is 39.3 Å². The molecule has 2 aromatic rings. The van der Waals surface area contributed by atoms with E-state index in [4.69, 9.17) is 5.73 Å². The molecule has 4 nitrogen and oxygen atoms in total. The highest BCUT2D eigenvalue weighted by molar-refractivity contribution is 7.15. The van der Waals surface area contributed by atoms with Crippen molar-refractivity contribution in [2.45, 2.75) is 26.9 Å². The molecule has 0 unspecified atom stereocenters. The zero-order chi connectivity index (χ0) is 15.8. The molecule has 0 aliphatic carbocycles. The molecule has 1 aromatic carbocycles. The van der Waals surface area contributed by atoms with E-state index < -0.39 is 0 Å². The van der Waals surface area contributed by atoms with Gasteiger partial charge in [-0.05, 0) is 18.7 Å². The van der Waals surface area contributed by atoms with Gasteiger partial charge in [0.25, 0.3) is 0 Å². The molecule has 6 heteroatoms. The van der Waals surface area contributed by atoms with E-state index in [1.807, 2.05) is 6.20 Å². The smallest absolute Gasteiger partial charge is 0.180 e. The summed E-state index contributed by atoms with van der Waals surface area (Å²) < 4.78 is 0. The lowest BCUT2D eigenvalue weighted by Gasteiger charge is -2.26. The summed E-state index contributed by atoms with van der Waals surface area (Å²) in [5.74, 6) is 0. The number of anilines is 1. The fraction of sp³-hybridized carbons (Fsp3) is 0.471. The Morgan fingerprint density at radius 1 is 1.00 bits per heavy atom. The number of rotatable bonds is 9. The van der Waals surface area contributed by atoms with Crippen LogP contribution in [-0.2, 0) is 13.1 Å². The van der Waals surface area contributed by atoms with Crippen LogP contribution in [0.4, 0.5) is 5.13 Å². The van der Waals surface area contributed by atoms with E-state index >= 15 is 0 Å².